The van der Waals surface area contributed by atoms with Crippen molar-refractivity contribution < 1.29 is 32.6 Å². The van der Waals surface area contributed by atoms with Crippen LogP contribution in [0.25, 0.3) is 0 Å². The lowest BCUT2D eigenvalue weighted by Crippen LogP contribution is -2.22. The molecule has 5 nitrogen and oxygen atoms in total. The van der Waals surface area contributed by atoms with Crippen LogP contribution in [0.4, 0.5) is 8.78 Å². The molecule has 7 heteroatoms. The molecule has 1 aliphatic carbocycles. The normalized spacial score (nSPS) is 23.7. The quantitative estimate of drug-likeness (QED) is 0.738. The predicted octanol–water partition coefficient (Wildman–Crippen LogP) is 3.06. The fourth-order valence-electron chi connectivity index (χ4n) is 2.75. The van der Waals surface area contributed by atoms with Crippen LogP contribution in [-0.2, 0) is 14.3 Å². The Balaban J connectivity index is 1.62. The number of hydrogen-bond donors (Lipinski definition) is 0. The molecule has 0 spiro atoms. The van der Waals surface area contributed by atoms with Gasteiger partial charge in [-0.25, -0.2) is 0 Å². The van der Waals surface area contributed by atoms with Crippen molar-refractivity contribution in [2.45, 2.75) is 31.3 Å². The Labute approximate surface area is 142 Å². The van der Waals surface area contributed by atoms with Crippen molar-refractivity contribution in [1.82, 2.24) is 0 Å². The zero-order chi connectivity index (χ0) is 18.0. The first kappa shape index (κ1) is 17.4. The zero-order valence-electron chi connectivity index (χ0n) is 13.4. The molecule has 3 rings (SSSR count). The van der Waals surface area contributed by atoms with E-state index in [0.29, 0.717) is 11.3 Å². The molecule has 25 heavy (non-hydrogen) atoms. The van der Waals surface area contributed by atoms with E-state index in [9.17, 15) is 18.4 Å². The standard InChI is InChI=1S/C18H16F2O5/c1-23-15-5-3-2-4-12(15)14(22)8-7-13(21)11-6-9-16-17(10-11)25-18(19,20)24-16/h2-6,9-10,16-17H,7-8H2,1H3. The highest BCUT2D eigenvalue weighted by molar-refractivity contribution is 6.04. The first-order valence-electron chi connectivity index (χ1n) is 7.72. The third kappa shape index (κ3) is 3.83. The van der Waals surface area contributed by atoms with E-state index in [2.05, 4.69) is 9.47 Å². The number of carbonyl (C=O) groups is 2. The largest absolute Gasteiger partial charge is 0.496 e. The van der Waals surface area contributed by atoms with E-state index in [4.69, 9.17) is 4.74 Å². The number of benzene rings is 1. The maximum atomic E-state index is 13.0. The monoisotopic (exact) mass is 350 g/mol. The molecule has 0 aromatic heterocycles. The second kappa shape index (κ2) is 6.85. The van der Waals surface area contributed by atoms with Gasteiger partial charge in [-0.15, -0.1) is 8.78 Å². The number of ketones is 2. The molecule has 1 aromatic carbocycles. The van der Waals surface area contributed by atoms with Crippen molar-refractivity contribution in [3.8, 4) is 5.75 Å². The summed E-state index contributed by atoms with van der Waals surface area (Å²) in [4.78, 5) is 24.5. The van der Waals surface area contributed by atoms with Gasteiger partial charge in [0.05, 0.1) is 12.7 Å². The lowest BCUT2D eigenvalue weighted by molar-refractivity contribution is -0.347. The SMILES string of the molecule is COc1ccccc1C(=O)CCC(=O)C1=CC2OC(F)(F)OC2C=C1. The molecule has 0 saturated carbocycles. The Morgan fingerprint density at radius 3 is 2.56 bits per heavy atom. The fourth-order valence-corrected chi connectivity index (χ4v) is 2.75. The molecule has 1 fully saturated rings. The Morgan fingerprint density at radius 2 is 1.80 bits per heavy atom. The number of hydrogen-bond acceptors (Lipinski definition) is 5. The van der Waals surface area contributed by atoms with E-state index in [-0.39, 0.29) is 30.0 Å². The Bertz CT molecular complexity index is 754. The molecule has 1 aliphatic heterocycles. The van der Waals surface area contributed by atoms with Gasteiger partial charge in [0, 0.05) is 18.4 Å². The van der Waals surface area contributed by atoms with Crippen molar-refractivity contribution >= 4 is 11.6 Å². The summed E-state index contributed by atoms with van der Waals surface area (Å²) in [6.45, 7) is 0. The molecule has 0 radical (unpaired) electrons. The molecular weight excluding hydrogens is 334 g/mol. The number of methoxy groups -OCH3 is 1. The third-order valence-corrected chi connectivity index (χ3v) is 3.99. The van der Waals surface area contributed by atoms with Gasteiger partial charge < -0.3 is 4.74 Å². The number of Topliss-reactive ketones (excluding diaryl/α,β-unsaturated/α-hetero) is 2. The van der Waals surface area contributed by atoms with Crippen molar-refractivity contribution in [3.63, 3.8) is 0 Å². The van der Waals surface area contributed by atoms with Crippen LogP contribution in [0.15, 0.2) is 48.1 Å². The summed E-state index contributed by atoms with van der Waals surface area (Å²) in [5.41, 5.74) is 0.633. The van der Waals surface area contributed by atoms with Crippen molar-refractivity contribution in [1.29, 1.82) is 0 Å². The van der Waals surface area contributed by atoms with Gasteiger partial charge in [-0.2, -0.15) is 0 Å². The van der Waals surface area contributed by atoms with E-state index in [1.54, 1.807) is 24.3 Å². The smallest absolute Gasteiger partial charge is 0.486 e. The molecule has 132 valence electrons. The molecule has 0 bridgehead atoms. The van der Waals surface area contributed by atoms with E-state index in [1.165, 1.54) is 25.3 Å². The lowest BCUT2D eigenvalue weighted by atomic mass is 9.96. The van der Waals surface area contributed by atoms with Gasteiger partial charge in [-0.1, -0.05) is 24.3 Å². The Hall–Kier alpha value is -2.38. The van der Waals surface area contributed by atoms with E-state index in [0.717, 1.165) is 0 Å². The van der Waals surface area contributed by atoms with E-state index >= 15 is 0 Å². The average molecular weight is 350 g/mol. The maximum Gasteiger partial charge on any atom is 0.486 e. The van der Waals surface area contributed by atoms with E-state index < -0.39 is 18.5 Å². The maximum absolute atomic E-state index is 13.0. The number of allylic oxidation sites excluding steroid dienone is 2. The third-order valence-electron chi connectivity index (χ3n) is 3.99. The molecule has 1 heterocycles. The molecule has 2 aliphatic rings. The number of alkyl halides is 2. The van der Waals surface area contributed by atoms with Gasteiger partial charge in [0.15, 0.2) is 11.6 Å². The molecule has 1 saturated heterocycles. The summed E-state index contributed by atoms with van der Waals surface area (Å²) in [6.07, 6.45) is -1.54. The second-order valence-corrected chi connectivity index (χ2v) is 5.66. The second-order valence-electron chi connectivity index (χ2n) is 5.66. The Morgan fingerprint density at radius 1 is 1.12 bits per heavy atom. The summed E-state index contributed by atoms with van der Waals surface area (Å²) < 4.78 is 40.0. The van der Waals surface area contributed by atoms with Crippen molar-refractivity contribution in [3.05, 3.63) is 53.6 Å². The number of carbonyl (C=O) groups excluding carboxylic acids is 2. The minimum absolute atomic E-state index is 0.00794. The lowest BCUT2D eigenvalue weighted by Gasteiger charge is -2.14. The van der Waals surface area contributed by atoms with Crippen LogP contribution in [0.3, 0.4) is 0 Å². The van der Waals surface area contributed by atoms with Gasteiger partial charge >= 0.3 is 6.29 Å². The van der Waals surface area contributed by atoms with Crippen LogP contribution >= 0.6 is 0 Å². The number of ether oxygens (including phenoxy) is 3. The van der Waals surface area contributed by atoms with Crippen LogP contribution in [0.1, 0.15) is 23.2 Å². The number of halogens is 2. The summed E-state index contributed by atoms with van der Waals surface area (Å²) in [7, 11) is 1.46. The van der Waals surface area contributed by atoms with Gasteiger partial charge in [0.25, 0.3) is 0 Å². The molecule has 0 amide bonds. The average Bonchev–Trinajstić information content (AvgIpc) is 2.92. The summed E-state index contributed by atoms with van der Waals surface area (Å²) in [5.74, 6) is -0.105. The number of rotatable bonds is 6. The van der Waals surface area contributed by atoms with Gasteiger partial charge in [-0.05, 0) is 18.2 Å². The first-order valence-corrected chi connectivity index (χ1v) is 7.72. The topological polar surface area (TPSA) is 61.8 Å². The van der Waals surface area contributed by atoms with Gasteiger partial charge in [0.1, 0.15) is 18.0 Å². The summed E-state index contributed by atoms with van der Waals surface area (Å²) in [6, 6.07) is 6.75. The van der Waals surface area contributed by atoms with Crippen molar-refractivity contribution in [2.24, 2.45) is 0 Å². The highest BCUT2D eigenvalue weighted by Gasteiger charge is 2.48. The number of para-hydroxylation sites is 1. The first-order chi connectivity index (χ1) is 11.9. The van der Waals surface area contributed by atoms with Crippen LogP contribution in [-0.4, -0.2) is 37.2 Å². The minimum Gasteiger partial charge on any atom is -0.496 e. The fraction of sp³-hybridized carbons (Fsp3) is 0.333. The predicted molar refractivity (Wildman–Crippen MR) is 83.5 cm³/mol. The molecule has 2 atom stereocenters. The van der Waals surface area contributed by atoms with Crippen LogP contribution < -0.4 is 4.74 Å². The van der Waals surface area contributed by atoms with Crippen LogP contribution in [0, 0.1) is 0 Å². The van der Waals surface area contributed by atoms with Gasteiger partial charge in [-0.3, -0.25) is 19.1 Å². The summed E-state index contributed by atoms with van der Waals surface area (Å²) in [5, 5.41) is 0. The zero-order valence-corrected chi connectivity index (χ0v) is 13.4. The molecule has 0 N–H and O–H groups in total. The highest BCUT2D eigenvalue weighted by atomic mass is 19.3. The molecule has 1 aromatic rings. The van der Waals surface area contributed by atoms with Gasteiger partial charge in [0.2, 0.25) is 0 Å². The summed E-state index contributed by atoms with van der Waals surface area (Å²) >= 11 is 0. The van der Waals surface area contributed by atoms with Crippen LogP contribution in [0.5, 0.6) is 5.75 Å². The minimum atomic E-state index is -3.66. The van der Waals surface area contributed by atoms with E-state index in [1.807, 2.05) is 0 Å². The highest BCUT2D eigenvalue weighted by Crippen LogP contribution is 2.35. The molecule has 2 unspecified atom stereocenters. The van der Waals surface area contributed by atoms with Crippen molar-refractivity contribution in [2.75, 3.05) is 7.11 Å². The van der Waals surface area contributed by atoms with Crippen LogP contribution in [0.2, 0.25) is 0 Å². The molecular formula is C18H16F2O5. The number of fused-ring (bicyclic) bond motifs is 1. The Kier molecular flexibility index (Phi) is 4.78.